The van der Waals surface area contributed by atoms with Crippen LogP contribution in [0.1, 0.15) is 58.4 Å². The Hall–Kier alpha value is -5.55. The normalized spacial score (nSPS) is 23.9. The zero-order valence-electron chi connectivity index (χ0n) is 30.9. The highest BCUT2D eigenvalue weighted by molar-refractivity contribution is 5.96. The van der Waals surface area contributed by atoms with E-state index in [1.165, 1.54) is 14.0 Å². The van der Waals surface area contributed by atoms with Gasteiger partial charge in [0.15, 0.2) is 0 Å². The highest BCUT2D eigenvalue weighted by atomic mass is 16.5. The fourth-order valence-corrected chi connectivity index (χ4v) is 5.30. The third-order valence-electron chi connectivity index (χ3n) is 8.16. The van der Waals surface area contributed by atoms with E-state index in [9.17, 15) is 43.2 Å². The van der Waals surface area contributed by atoms with Crippen molar-refractivity contribution in [2.45, 2.75) is 89.5 Å². The molecule has 18 heteroatoms. The molecule has 53 heavy (non-hydrogen) atoms. The number of rotatable bonds is 6. The van der Waals surface area contributed by atoms with Gasteiger partial charge in [0.25, 0.3) is 0 Å². The van der Waals surface area contributed by atoms with Crippen LogP contribution in [0.4, 0.5) is 0 Å². The number of amides is 7. The monoisotopic (exact) mass is 745 g/mol. The van der Waals surface area contributed by atoms with Gasteiger partial charge in [0.1, 0.15) is 30.2 Å². The maximum Gasteiger partial charge on any atom is 0.328 e. The maximum absolute atomic E-state index is 13.5. The summed E-state index contributed by atoms with van der Waals surface area (Å²) < 4.78 is 9.59. The quantitative estimate of drug-likeness (QED) is 0.178. The number of nitrogens with zero attached hydrogens (tertiary/aromatic N) is 1. The Balaban J connectivity index is 2.42. The molecule has 5 atom stereocenters. The van der Waals surface area contributed by atoms with E-state index in [1.54, 1.807) is 44.2 Å². The number of nitrogens with one attached hydrogen (secondary N) is 6. The standard InChI is InChI=1S/C35H51N7O11/c1-20(2)16-24-33(49)41-26(35(51)53-6)18-28(44)39-25(17-22-10-8-7-9-11-22)32(48)36-15-14-27(43)38-23(34(50)52-5)12-13-30(46)42(4)19-29(45)37-21(3)31(47)40-24/h7-11,20-21,23-26H,12-19H2,1-6H3,(H,36,48)(H,37,45)(H,38,43)(H,39,44)(H,40,47)(H,41,49)/t21-,23-,24+,25+,26-/m1/s1. The number of benzene rings is 1. The Bertz CT molecular complexity index is 1490. The number of likely N-dealkylation sites (N-methyl/N-ethyl adjacent to an activating group) is 1. The van der Waals surface area contributed by atoms with Crippen molar-refractivity contribution in [3.05, 3.63) is 35.9 Å². The fraction of sp³-hybridized carbons (Fsp3) is 0.571. The minimum absolute atomic E-state index is 0.0317. The Kier molecular flexibility index (Phi) is 17.9. The third-order valence-corrected chi connectivity index (χ3v) is 8.16. The SMILES string of the molecule is COC(=O)[C@H]1CCC(=O)N(C)CC(=O)N[C@H](C)C(=O)N[C@@H](CC(C)C)C(=O)N[C@@H](C(=O)OC)CC(=O)N[C@@H](Cc2ccccc2)C(=O)NCCC(=O)N1. The number of methoxy groups -OCH3 is 2. The van der Waals surface area contributed by atoms with Gasteiger partial charge < -0.3 is 46.3 Å². The largest absolute Gasteiger partial charge is 0.467 e. The summed E-state index contributed by atoms with van der Waals surface area (Å²) in [4.78, 5) is 118. The number of carbonyl (C=O) groups excluding carboxylic acids is 9. The predicted molar refractivity (Wildman–Crippen MR) is 188 cm³/mol. The van der Waals surface area contributed by atoms with Gasteiger partial charge in [-0.25, -0.2) is 9.59 Å². The van der Waals surface area contributed by atoms with Crippen LogP contribution in [-0.2, 0) is 59.0 Å². The molecule has 1 aromatic carbocycles. The summed E-state index contributed by atoms with van der Waals surface area (Å²) in [5, 5.41) is 15.2. The van der Waals surface area contributed by atoms with Crippen LogP contribution in [0.3, 0.4) is 0 Å². The van der Waals surface area contributed by atoms with E-state index in [-0.39, 0.29) is 44.6 Å². The van der Waals surface area contributed by atoms with Crippen molar-refractivity contribution in [2.75, 3.05) is 34.4 Å². The maximum atomic E-state index is 13.5. The van der Waals surface area contributed by atoms with E-state index >= 15 is 0 Å². The van der Waals surface area contributed by atoms with Gasteiger partial charge >= 0.3 is 11.9 Å². The summed E-state index contributed by atoms with van der Waals surface area (Å²) in [6.07, 6.45) is -1.17. The van der Waals surface area contributed by atoms with E-state index < -0.39 is 96.5 Å². The first-order valence-corrected chi connectivity index (χ1v) is 17.2. The molecule has 0 unspecified atom stereocenters. The molecule has 0 aliphatic carbocycles. The van der Waals surface area contributed by atoms with E-state index in [0.717, 1.165) is 19.1 Å². The van der Waals surface area contributed by atoms with Crippen LogP contribution < -0.4 is 31.9 Å². The molecule has 0 aromatic heterocycles. The predicted octanol–water partition coefficient (Wildman–Crippen LogP) is -1.79. The van der Waals surface area contributed by atoms with Crippen LogP contribution in [0, 0.1) is 5.92 Å². The van der Waals surface area contributed by atoms with Crippen molar-refractivity contribution in [1.82, 2.24) is 36.8 Å². The summed E-state index contributed by atoms with van der Waals surface area (Å²) in [6.45, 7) is 4.33. The van der Waals surface area contributed by atoms with Crippen molar-refractivity contribution < 1.29 is 52.6 Å². The highest BCUT2D eigenvalue weighted by Crippen LogP contribution is 2.09. The van der Waals surface area contributed by atoms with Crippen molar-refractivity contribution in [3.63, 3.8) is 0 Å². The number of carbonyl (C=O) groups is 9. The fourth-order valence-electron chi connectivity index (χ4n) is 5.30. The second-order valence-electron chi connectivity index (χ2n) is 13.1. The van der Waals surface area contributed by atoms with Crippen LogP contribution in [0.2, 0.25) is 0 Å². The molecule has 1 aliphatic rings. The summed E-state index contributed by atoms with van der Waals surface area (Å²) in [6, 6.07) is 2.50. The van der Waals surface area contributed by atoms with Crippen LogP contribution in [0.25, 0.3) is 0 Å². The summed E-state index contributed by atoms with van der Waals surface area (Å²) in [5.41, 5.74) is 0.686. The average molecular weight is 746 g/mol. The molecule has 1 fully saturated rings. The first kappa shape index (κ1) is 43.6. The number of esters is 2. The summed E-state index contributed by atoms with van der Waals surface area (Å²) in [7, 11) is 3.53. The average Bonchev–Trinajstić information content (AvgIpc) is 3.11. The van der Waals surface area contributed by atoms with Crippen LogP contribution in [-0.4, -0.2) is 123 Å². The van der Waals surface area contributed by atoms with Crippen molar-refractivity contribution in [2.24, 2.45) is 5.92 Å². The topological polar surface area (TPSA) is 248 Å². The summed E-state index contributed by atoms with van der Waals surface area (Å²) >= 11 is 0. The lowest BCUT2D eigenvalue weighted by Gasteiger charge is -2.25. The molecule has 0 saturated carbocycles. The lowest BCUT2D eigenvalue weighted by molar-refractivity contribution is -0.147. The van der Waals surface area contributed by atoms with Gasteiger partial charge in [-0.3, -0.25) is 33.6 Å². The molecule has 6 N–H and O–H groups in total. The van der Waals surface area contributed by atoms with Gasteiger partial charge in [0, 0.05) is 32.9 Å². The van der Waals surface area contributed by atoms with E-state index in [4.69, 9.17) is 9.47 Å². The molecular formula is C35H51N7O11. The first-order valence-electron chi connectivity index (χ1n) is 17.2. The van der Waals surface area contributed by atoms with Crippen LogP contribution in [0.5, 0.6) is 0 Å². The van der Waals surface area contributed by atoms with Gasteiger partial charge in [-0.05, 0) is 31.2 Å². The molecule has 1 aliphatic heterocycles. The van der Waals surface area contributed by atoms with Crippen LogP contribution in [0.15, 0.2) is 30.3 Å². The van der Waals surface area contributed by atoms with E-state index in [1.807, 2.05) is 0 Å². The molecule has 1 saturated heterocycles. The van der Waals surface area contributed by atoms with E-state index in [2.05, 4.69) is 31.9 Å². The molecule has 0 bridgehead atoms. The minimum atomic E-state index is -1.51. The molecule has 1 heterocycles. The van der Waals surface area contributed by atoms with Crippen molar-refractivity contribution in [3.8, 4) is 0 Å². The Morgan fingerprint density at radius 2 is 1.40 bits per heavy atom. The zero-order valence-corrected chi connectivity index (χ0v) is 30.9. The third kappa shape index (κ3) is 15.3. The van der Waals surface area contributed by atoms with Gasteiger partial charge in [-0.2, -0.15) is 0 Å². The Morgan fingerprint density at radius 3 is 2.02 bits per heavy atom. The molecule has 18 nitrogen and oxygen atoms in total. The molecule has 7 amide bonds. The van der Waals surface area contributed by atoms with Gasteiger partial charge in [-0.15, -0.1) is 0 Å². The summed E-state index contributed by atoms with van der Waals surface area (Å²) in [5.74, 6) is -6.75. The number of ether oxygens (including phenoxy) is 2. The molecule has 0 radical (unpaired) electrons. The zero-order chi connectivity index (χ0) is 39.7. The molecule has 2 rings (SSSR count). The molecule has 0 spiro atoms. The first-order chi connectivity index (χ1) is 25.0. The Morgan fingerprint density at radius 1 is 0.755 bits per heavy atom. The second-order valence-corrected chi connectivity index (χ2v) is 13.1. The van der Waals surface area contributed by atoms with Crippen LogP contribution >= 0.6 is 0 Å². The smallest absolute Gasteiger partial charge is 0.328 e. The molecule has 292 valence electrons. The van der Waals surface area contributed by atoms with Gasteiger partial charge in [0.05, 0.1) is 27.2 Å². The second kappa shape index (κ2) is 21.7. The number of hydrogen-bond acceptors (Lipinski definition) is 11. The van der Waals surface area contributed by atoms with Gasteiger partial charge in [-0.1, -0.05) is 44.2 Å². The van der Waals surface area contributed by atoms with E-state index in [0.29, 0.717) is 5.56 Å². The van der Waals surface area contributed by atoms with Gasteiger partial charge in [0.2, 0.25) is 41.4 Å². The number of hydrogen-bond donors (Lipinski definition) is 6. The van der Waals surface area contributed by atoms with Crippen molar-refractivity contribution >= 4 is 53.3 Å². The van der Waals surface area contributed by atoms with Crippen molar-refractivity contribution in [1.29, 1.82) is 0 Å². The lowest BCUT2D eigenvalue weighted by atomic mass is 10.0. The molecule has 1 aromatic rings. The lowest BCUT2D eigenvalue weighted by Crippen LogP contribution is -2.57. The highest BCUT2D eigenvalue weighted by Gasteiger charge is 2.32. The molecular weight excluding hydrogens is 694 g/mol. The Labute approximate surface area is 308 Å². The minimum Gasteiger partial charge on any atom is -0.467 e.